The third-order valence-electron chi connectivity index (χ3n) is 15.9. The van der Waals surface area contributed by atoms with Crippen molar-refractivity contribution in [2.45, 2.75) is 360 Å². The van der Waals surface area contributed by atoms with Crippen LogP contribution >= 0.6 is 7.82 Å². The lowest BCUT2D eigenvalue weighted by Crippen LogP contribution is -2.29. The van der Waals surface area contributed by atoms with Crippen LogP contribution in [0.4, 0.5) is 0 Å². The maximum Gasteiger partial charge on any atom is 0.472 e. The summed E-state index contributed by atoms with van der Waals surface area (Å²) in [6, 6.07) is 0. The molecule has 2 atom stereocenters. The predicted octanol–water partition coefficient (Wildman–Crippen LogP) is 23.6. The third-order valence-corrected chi connectivity index (χ3v) is 16.8. The molecule has 9 nitrogen and oxygen atoms in total. The van der Waals surface area contributed by atoms with Crippen molar-refractivity contribution in [1.29, 1.82) is 0 Å². The molecule has 0 saturated heterocycles. The van der Waals surface area contributed by atoms with E-state index in [9.17, 15) is 19.0 Å². The molecule has 0 aromatic rings. The largest absolute Gasteiger partial charge is 0.472 e. The van der Waals surface area contributed by atoms with Crippen LogP contribution in [-0.4, -0.2) is 49.3 Å². The van der Waals surface area contributed by atoms with Gasteiger partial charge in [-0.05, 0) is 64.2 Å². The van der Waals surface area contributed by atoms with Crippen LogP contribution in [-0.2, 0) is 32.7 Å². The van der Waals surface area contributed by atoms with Crippen molar-refractivity contribution in [2.75, 3.05) is 26.4 Å². The molecule has 0 radical (unpaired) electrons. The first-order valence-corrected chi connectivity index (χ1v) is 37.4. The van der Waals surface area contributed by atoms with Gasteiger partial charge in [0.15, 0.2) is 6.10 Å². The van der Waals surface area contributed by atoms with Crippen molar-refractivity contribution in [3.63, 3.8) is 0 Å². The van der Waals surface area contributed by atoms with Crippen molar-refractivity contribution >= 4 is 19.8 Å². The summed E-state index contributed by atoms with van der Waals surface area (Å²) in [5.41, 5.74) is 5.41. The van der Waals surface area contributed by atoms with Crippen molar-refractivity contribution in [1.82, 2.24) is 0 Å². The van der Waals surface area contributed by atoms with Crippen molar-refractivity contribution in [2.24, 2.45) is 5.73 Å². The number of ether oxygens (including phenoxy) is 2. The number of hydrogen-bond donors (Lipinski definition) is 2. The number of carbonyl (C=O) groups is 2. The lowest BCUT2D eigenvalue weighted by atomic mass is 10.0. The summed E-state index contributed by atoms with van der Waals surface area (Å²) in [5.74, 6) is -0.808. The Labute approximate surface area is 520 Å². The van der Waals surface area contributed by atoms with E-state index in [0.29, 0.717) is 6.42 Å². The van der Waals surface area contributed by atoms with E-state index >= 15 is 0 Å². The van der Waals surface area contributed by atoms with Gasteiger partial charge in [0.05, 0.1) is 13.2 Å². The Hall–Kier alpha value is -2.55. The minimum atomic E-state index is -4.39. The number of esters is 2. The minimum Gasteiger partial charge on any atom is -0.462 e. The van der Waals surface area contributed by atoms with Gasteiger partial charge >= 0.3 is 19.8 Å². The number of allylic oxidation sites excluding steroid dienone is 12. The van der Waals surface area contributed by atoms with E-state index in [4.69, 9.17) is 24.3 Å². The molecule has 0 amide bonds. The van der Waals surface area contributed by atoms with Crippen LogP contribution in [0.2, 0.25) is 0 Å². The van der Waals surface area contributed by atoms with Crippen LogP contribution < -0.4 is 5.73 Å². The zero-order chi connectivity index (χ0) is 60.9. The highest BCUT2D eigenvalue weighted by molar-refractivity contribution is 7.47. The maximum atomic E-state index is 12.8. The Kier molecular flexibility index (Phi) is 67.4. The minimum absolute atomic E-state index is 0.0545. The van der Waals surface area contributed by atoms with Gasteiger partial charge in [-0.15, -0.1) is 0 Å². The first-order valence-electron chi connectivity index (χ1n) is 35.9. The average Bonchev–Trinajstić information content (AvgIpc) is 3.58. The van der Waals surface area contributed by atoms with E-state index in [-0.39, 0.29) is 38.6 Å². The van der Waals surface area contributed by atoms with Crippen molar-refractivity contribution < 1.29 is 37.6 Å². The summed E-state index contributed by atoms with van der Waals surface area (Å²) >= 11 is 0. The summed E-state index contributed by atoms with van der Waals surface area (Å²) in [4.78, 5) is 35.4. The van der Waals surface area contributed by atoms with E-state index in [1.807, 2.05) is 0 Å². The molecule has 0 aromatic heterocycles. The molecule has 490 valence electrons. The summed E-state index contributed by atoms with van der Waals surface area (Å²) < 4.78 is 33.2. The van der Waals surface area contributed by atoms with Gasteiger partial charge in [-0.25, -0.2) is 4.57 Å². The second-order valence-electron chi connectivity index (χ2n) is 24.1. The van der Waals surface area contributed by atoms with Gasteiger partial charge in [0.25, 0.3) is 0 Å². The molecule has 0 spiro atoms. The topological polar surface area (TPSA) is 134 Å². The van der Waals surface area contributed by atoms with E-state index in [1.165, 1.54) is 244 Å². The number of phosphoric acid groups is 1. The Balaban J connectivity index is 3.82. The van der Waals surface area contributed by atoms with Crippen molar-refractivity contribution in [3.8, 4) is 0 Å². The molecule has 3 N–H and O–H groups in total. The van der Waals surface area contributed by atoms with Gasteiger partial charge < -0.3 is 20.1 Å². The van der Waals surface area contributed by atoms with Gasteiger partial charge in [-0.2, -0.15) is 0 Å². The quantitative estimate of drug-likeness (QED) is 0.0264. The zero-order valence-electron chi connectivity index (χ0n) is 55.1. The fraction of sp³-hybridized carbons (Fsp3) is 0.811. The van der Waals surface area contributed by atoms with Gasteiger partial charge in [-0.3, -0.25) is 18.6 Å². The molecule has 2 unspecified atom stereocenters. The molecule has 84 heavy (non-hydrogen) atoms. The Morgan fingerprint density at radius 3 is 0.976 bits per heavy atom. The number of carbonyl (C=O) groups excluding carboxylic acids is 2. The first-order chi connectivity index (χ1) is 41.3. The van der Waals surface area contributed by atoms with Crippen molar-refractivity contribution in [3.05, 3.63) is 72.9 Å². The summed E-state index contributed by atoms with van der Waals surface area (Å²) in [7, 11) is -4.39. The molecule has 0 aliphatic rings. The zero-order valence-corrected chi connectivity index (χ0v) is 56.0. The van der Waals surface area contributed by atoms with E-state index in [2.05, 4.69) is 86.8 Å². The van der Waals surface area contributed by atoms with Crippen LogP contribution in [0, 0.1) is 0 Å². The second kappa shape index (κ2) is 69.5. The van der Waals surface area contributed by atoms with Crippen LogP contribution in [0.3, 0.4) is 0 Å². The van der Waals surface area contributed by atoms with E-state index < -0.39 is 26.5 Å². The standard InChI is InChI=1S/C74H136NO8P/c1-3-5-7-9-11-13-15-17-19-21-23-25-27-29-31-32-33-34-35-36-37-38-39-40-41-43-45-47-49-51-53-55-57-59-61-63-65-67-74(77)83-72(71-82-84(78,79)81-69-68-75)70-80-73(76)66-64-62-60-58-56-54-52-50-48-46-44-42-30-28-26-24-22-20-18-16-14-12-10-8-6-4-2/h5,7,11,13,17,19,23,25,29,31,33-34,72H,3-4,6,8-10,12,14-16,18,20-22,24,26-28,30,32,35-71,75H2,1-2H3,(H,78,79)/b7-5-,13-11-,19-17-,25-23-,31-29-,34-33-. The molecule has 0 aliphatic heterocycles. The summed E-state index contributed by atoms with van der Waals surface area (Å²) in [6.07, 6.45) is 91.5. The number of hydrogen-bond acceptors (Lipinski definition) is 8. The molecule has 0 fully saturated rings. The van der Waals surface area contributed by atoms with Gasteiger partial charge in [0.1, 0.15) is 6.61 Å². The Morgan fingerprint density at radius 2 is 0.655 bits per heavy atom. The molecule has 10 heteroatoms. The molecular formula is C74H136NO8P. The lowest BCUT2D eigenvalue weighted by Gasteiger charge is -2.19. The van der Waals surface area contributed by atoms with Gasteiger partial charge in [0, 0.05) is 19.4 Å². The number of nitrogens with two attached hydrogens (primary N) is 1. The fourth-order valence-corrected chi connectivity index (χ4v) is 11.4. The molecule has 0 heterocycles. The highest BCUT2D eigenvalue weighted by atomic mass is 31.2. The normalized spacial score (nSPS) is 13.3. The lowest BCUT2D eigenvalue weighted by molar-refractivity contribution is -0.161. The molecule has 0 bridgehead atoms. The molecule has 0 saturated carbocycles. The Morgan fingerprint density at radius 1 is 0.369 bits per heavy atom. The van der Waals surface area contributed by atoms with Gasteiger partial charge in [0.2, 0.25) is 0 Å². The maximum absolute atomic E-state index is 12.8. The number of unbranched alkanes of at least 4 members (excludes halogenated alkanes) is 43. The SMILES string of the molecule is CC/C=C\C/C=C\C/C=C\C/C=C\C/C=C\C/C=C\CCCCCCCCCCCCCCCCCCCCC(=O)OC(COC(=O)CCCCCCCCCCCCCCCCCCCCCCCCCCCC)COP(=O)(O)OCCN. The first kappa shape index (κ1) is 81.5. The monoisotopic (exact) mass is 1200 g/mol. The molecule has 0 rings (SSSR count). The van der Waals surface area contributed by atoms with Crippen LogP contribution in [0.1, 0.15) is 354 Å². The average molecular weight is 1200 g/mol. The van der Waals surface area contributed by atoms with Crippen LogP contribution in [0.5, 0.6) is 0 Å². The highest BCUT2D eigenvalue weighted by Crippen LogP contribution is 2.43. The van der Waals surface area contributed by atoms with E-state index in [0.717, 1.165) is 77.0 Å². The third kappa shape index (κ3) is 68.6. The van der Waals surface area contributed by atoms with Gasteiger partial charge in [-0.1, -0.05) is 350 Å². The summed E-state index contributed by atoms with van der Waals surface area (Å²) in [6.45, 7) is 3.69. The number of phosphoric ester groups is 1. The highest BCUT2D eigenvalue weighted by Gasteiger charge is 2.26. The molecule has 0 aliphatic carbocycles. The molecule has 0 aromatic carbocycles. The van der Waals surface area contributed by atoms with Crippen LogP contribution in [0.15, 0.2) is 72.9 Å². The fourth-order valence-electron chi connectivity index (χ4n) is 10.6. The second-order valence-corrected chi connectivity index (χ2v) is 25.5. The smallest absolute Gasteiger partial charge is 0.462 e. The molecular weight excluding hydrogens is 1060 g/mol. The summed E-state index contributed by atoms with van der Waals surface area (Å²) in [5, 5.41) is 0. The Bertz CT molecular complexity index is 1610. The number of rotatable bonds is 68. The van der Waals surface area contributed by atoms with Crippen LogP contribution in [0.25, 0.3) is 0 Å². The van der Waals surface area contributed by atoms with E-state index in [1.54, 1.807) is 0 Å². The predicted molar refractivity (Wildman–Crippen MR) is 363 cm³/mol.